The Morgan fingerprint density at radius 2 is 1.67 bits per heavy atom. The van der Waals surface area contributed by atoms with Gasteiger partial charge in [-0.05, 0) is 60.6 Å². The first-order chi connectivity index (χ1) is 13.0. The fraction of sp³-hybridized carbons (Fsp3) is 0.409. The minimum absolute atomic E-state index is 0.106. The number of likely N-dealkylation sites (tertiary alicyclic amines) is 1. The number of carbonyl (C=O) groups is 1. The molecule has 27 heavy (non-hydrogen) atoms. The molecule has 2 aromatic carbocycles. The van der Waals surface area contributed by atoms with Crippen molar-refractivity contribution in [3.8, 4) is 0 Å². The first-order valence-corrected chi connectivity index (χ1v) is 10.2. The van der Waals surface area contributed by atoms with E-state index >= 15 is 0 Å². The van der Waals surface area contributed by atoms with Gasteiger partial charge in [0.1, 0.15) is 0 Å². The summed E-state index contributed by atoms with van der Waals surface area (Å²) in [6.45, 7) is 4.98. The maximum absolute atomic E-state index is 12.0. The van der Waals surface area contributed by atoms with Crippen molar-refractivity contribution >= 4 is 29.2 Å². The molecule has 2 atom stereocenters. The van der Waals surface area contributed by atoms with E-state index < -0.39 is 0 Å². The number of nitrogens with zero attached hydrogens (tertiary/aromatic N) is 1. The van der Waals surface area contributed by atoms with E-state index in [0.29, 0.717) is 18.9 Å². The SMILES string of the molecule is CCOC(=O)CC1CC(c2ccc(Cl)cc2)CN(Cc2ccc(Cl)cc2)C1. The van der Waals surface area contributed by atoms with Gasteiger partial charge in [0.2, 0.25) is 0 Å². The molecule has 1 aliphatic heterocycles. The lowest BCUT2D eigenvalue weighted by Gasteiger charge is -2.38. The molecule has 1 saturated heterocycles. The summed E-state index contributed by atoms with van der Waals surface area (Å²) in [5, 5.41) is 1.49. The average molecular weight is 406 g/mol. The zero-order chi connectivity index (χ0) is 19.2. The molecule has 0 aromatic heterocycles. The topological polar surface area (TPSA) is 29.5 Å². The standard InChI is InChI=1S/C22H25Cl2NO2/c1-2-27-22(26)12-17-11-19(18-5-9-21(24)10-6-18)15-25(14-17)13-16-3-7-20(23)8-4-16/h3-10,17,19H,2,11-15H2,1H3. The number of hydrogen-bond donors (Lipinski definition) is 0. The summed E-state index contributed by atoms with van der Waals surface area (Å²) in [5.74, 6) is 0.555. The van der Waals surface area contributed by atoms with Gasteiger partial charge < -0.3 is 4.74 Å². The first kappa shape index (κ1) is 20.2. The summed E-state index contributed by atoms with van der Waals surface area (Å²) in [4.78, 5) is 14.5. The van der Waals surface area contributed by atoms with Crippen LogP contribution in [-0.4, -0.2) is 30.6 Å². The van der Waals surface area contributed by atoms with Crippen molar-refractivity contribution in [2.24, 2.45) is 5.92 Å². The lowest BCUT2D eigenvalue weighted by Crippen LogP contribution is -2.40. The molecule has 0 bridgehead atoms. The van der Waals surface area contributed by atoms with Crippen molar-refractivity contribution < 1.29 is 9.53 Å². The van der Waals surface area contributed by atoms with Crippen LogP contribution in [0, 0.1) is 5.92 Å². The normalized spacial score (nSPS) is 20.4. The number of piperidine rings is 1. The molecule has 0 N–H and O–H groups in total. The summed E-state index contributed by atoms with van der Waals surface area (Å²) in [6, 6.07) is 16.1. The minimum atomic E-state index is -0.106. The second kappa shape index (κ2) is 9.59. The second-order valence-electron chi connectivity index (χ2n) is 7.18. The number of benzene rings is 2. The van der Waals surface area contributed by atoms with Crippen LogP contribution in [0.1, 0.15) is 36.8 Å². The van der Waals surface area contributed by atoms with Crippen LogP contribution in [-0.2, 0) is 16.1 Å². The van der Waals surface area contributed by atoms with Gasteiger partial charge in [-0.3, -0.25) is 9.69 Å². The monoisotopic (exact) mass is 405 g/mol. The van der Waals surface area contributed by atoms with Crippen molar-refractivity contribution in [2.75, 3.05) is 19.7 Å². The summed E-state index contributed by atoms with van der Waals surface area (Å²) in [5.41, 5.74) is 2.50. The predicted octanol–water partition coefficient (Wildman–Crippen LogP) is 5.55. The summed E-state index contributed by atoms with van der Waals surface area (Å²) in [6.07, 6.45) is 1.45. The lowest BCUT2D eigenvalue weighted by molar-refractivity contribution is -0.144. The van der Waals surface area contributed by atoms with Crippen molar-refractivity contribution in [3.05, 3.63) is 69.7 Å². The fourth-order valence-electron chi connectivity index (χ4n) is 3.86. The van der Waals surface area contributed by atoms with Gasteiger partial charge in [-0.2, -0.15) is 0 Å². The molecule has 1 aliphatic rings. The zero-order valence-electron chi connectivity index (χ0n) is 15.5. The predicted molar refractivity (Wildman–Crippen MR) is 110 cm³/mol. The van der Waals surface area contributed by atoms with E-state index in [9.17, 15) is 4.79 Å². The van der Waals surface area contributed by atoms with Crippen LogP contribution in [0.5, 0.6) is 0 Å². The third-order valence-corrected chi connectivity index (χ3v) is 5.54. The quantitative estimate of drug-likeness (QED) is 0.589. The summed E-state index contributed by atoms with van der Waals surface area (Å²) in [7, 11) is 0. The molecule has 0 saturated carbocycles. The summed E-state index contributed by atoms with van der Waals surface area (Å²) >= 11 is 12.1. The van der Waals surface area contributed by atoms with E-state index in [1.165, 1.54) is 11.1 Å². The molecule has 0 spiro atoms. The maximum Gasteiger partial charge on any atom is 0.306 e. The van der Waals surface area contributed by atoms with Crippen LogP contribution in [0.25, 0.3) is 0 Å². The fourth-order valence-corrected chi connectivity index (χ4v) is 4.11. The Balaban J connectivity index is 1.74. The molecule has 2 aromatic rings. The van der Waals surface area contributed by atoms with Gasteiger partial charge >= 0.3 is 5.97 Å². The maximum atomic E-state index is 12.0. The van der Waals surface area contributed by atoms with E-state index in [1.54, 1.807) is 0 Å². The van der Waals surface area contributed by atoms with E-state index in [1.807, 2.05) is 31.2 Å². The Bertz CT molecular complexity index is 746. The molecule has 144 valence electrons. The third-order valence-electron chi connectivity index (χ3n) is 5.03. The van der Waals surface area contributed by atoms with E-state index in [4.69, 9.17) is 27.9 Å². The van der Waals surface area contributed by atoms with Gasteiger partial charge in [0.25, 0.3) is 0 Å². The Hall–Kier alpha value is -1.55. The molecule has 2 unspecified atom stereocenters. The second-order valence-corrected chi connectivity index (χ2v) is 8.05. The molecule has 1 heterocycles. The van der Waals surface area contributed by atoms with Crippen LogP contribution in [0.3, 0.4) is 0 Å². The largest absolute Gasteiger partial charge is 0.466 e. The number of hydrogen-bond acceptors (Lipinski definition) is 3. The minimum Gasteiger partial charge on any atom is -0.466 e. The Kier molecular flexibility index (Phi) is 7.17. The number of ether oxygens (including phenoxy) is 1. The number of rotatable bonds is 6. The Morgan fingerprint density at radius 3 is 2.30 bits per heavy atom. The van der Waals surface area contributed by atoms with E-state index in [0.717, 1.165) is 36.1 Å². The zero-order valence-corrected chi connectivity index (χ0v) is 17.0. The van der Waals surface area contributed by atoms with Crippen LogP contribution in [0.2, 0.25) is 10.0 Å². The van der Waals surface area contributed by atoms with Gasteiger partial charge in [0.15, 0.2) is 0 Å². The van der Waals surface area contributed by atoms with Crippen LogP contribution in [0.4, 0.5) is 0 Å². The van der Waals surface area contributed by atoms with Crippen molar-refractivity contribution in [3.63, 3.8) is 0 Å². The molecule has 0 amide bonds. The Labute approximate surface area is 171 Å². The summed E-state index contributed by atoms with van der Waals surface area (Å²) < 4.78 is 5.18. The third kappa shape index (κ3) is 5.97. The molecule has 5 heteroatoms. The highest BCUT2D eigenvalue weighted by atomic mass is 35.5. The average Bonchev–Trinajstić information content (AvgIpc) is 2.64. The van der Waals surface area contributed by atoms with Gasteiger partial charge in [0.05, 0.1) is 6.61 Å². The molecular weight excluding hydrogens is 381 g/mol. The molecule has 1 fully saturated rings. The number of esters is 1. The van der Waals surface area contributed by atoms with Gasteiger partial charge in [-0.15, -0.1) is 0 Å². The van der Waals surface area contributed by atoms with Crippen LogP contribution >= 0.6 is 23.2 Å². The van der Waals surface area contributed by atoms with Crippen molar-refractivity contribution in [1.29, 1.82) is 0 Å². The van der Waals surface area contributed by atoms with Crippen molar-refractivity contribution in [1.82, 2.24) is 4.90 Å². The van der Waals surface area contributed by atoms with Crippen LogP contribution in [0.15, 0.2) is 48.5 Å². The number of halogens is 2. The molecule has 3 nitrogen and oxygen atoms in total. The van der Waals surface area contributed by atoms with Gasteiger partial charge in [-0.25, -0.2) is 0 Å². The molecule has 0 radical (unpaired) electrons. The van der Waals surface area contributed by atoms with Crippen LogP contribution < -0.4 is 0 Å². The highest BCUT2D eigenvalue weighted by Crippen LogP contribution is 2.33. The lowest BCUT2D eigenvalue weighted by atomic mass is 9.83. The molecule has 3 rings (SSSR count). The Morgan fingerprint density at radius 1 is 1.04 bits per heavy atom. The molecular formula is C22H25Cl2NO2. The van der Waals surface area contributed by atoms with E-state index in [2.05, 4.69) is 29.2 Å². The molecule has 0 aliphatic carbocycles. The number of carbonyl (C=O) groups excluding carboxylic acids is 1. The van der Waals surface area contributed by atoms with Crippen molar-refractivity contribution in [2.45, 2.75) is 32.2 Å². The van der Waals surface area contributed by atoms with Gasteiger partial charge in [0, 0.05) is 36.1 Å². The van der Waals surface area contributed by atoms with Gasteiger partial charge in [-0.1, -0.05) is 47.5 Å². The first-order valence-electron chi connectivity index (χ1n) is 9.41. The highest BCUT2D eigenvalue weighted by molar-refractivity contribution is 6.30. The van der Waals surface area contributed by atoms with E-state index in [-0.39, 0.29) is 11.9 Å². The highest BCUT2D eigenvalue weighted by Gasteiger charge is 2.30. The smallest absolute Gasteiger partial charge is 0.306 e.